The fraction of sp³-hybridized carbons (Fsp3) is 0.611. The summed E-state index contributed by atoms with van der Waals surface area (Å²) in [6.45, 7) is 3.97. The third-order valence-electron chi connectivity index (χ3n) is 4.64. The molecule has 0 atom stereocenters. The fourth-order valence-electron chi connectivity index (χ4n) is 3.41. The smallest absolute Gasteiger partial charge is 0.256 e. The molecule has 4 heteroatoms. The van der Waals surface area contributed by atoms with Crippen LogP contribution in [0.4, 0.5) is 5.69 Å². The normalized spacial score (nSPS) is 17.6. The Hall–Kier alpha value is -1.55. The lowest BCUT2D eigenvalue weighted by molar-refractivity contribution is -0.139. The van der Waals surface area contributed by atoms with E-state index in [1.807, 2.05) is 26.0 Å². The van der Waals surface area contributed by atoms with Gasteiger partial charge in [-0.25, -0.2) is 0 Å². The minimum atomic E-state index is -0.682. The molecule has 22 heavy (non-hydrogen) atoms. The number of ether oxygens (including phenoxy) is 2. The van der Waals surface area contributed by atoms with Gasteiger partial charge in [-0.3, -0.25) is 4.79 Å². The first kappa shape index (κ1) is 16.8. The van der Waals surface area contributed by atoms with Gasteiger partial charge in [0.2, 0.25) is 0 Å². The van der Waals surface area contributed by atoms with Crippen LogP contribution in [0.3, 0.4) is 0 Å². The second kappa shape index (κ2) is 7.14. The molecule has 1 aromatic carbocycles. The van der Waals surface area contributed by atoms with Gasteiger partial charge in [0.15, 0.2) is 0 Å². The van der Waals surface area contributed by atoms with Gasteiger partial charge in [-0.2, -0.15) is 0 Å². The molecule has 0 aromatic heterocycles. The molecule has 0 spiro atoms. The summed E-state index contributed by atoms with van der Waals surface area (Å²) in [7, 11) is 3.31. The molecule has 1 saturated carbocycles. The summed E-state index contributed by atoms with van der Waals surface area (Å²) in [5.74, 6) is 0.842. The van der Waals surface area contributed by atoms with Crippen LogP contribution in [0.5, 0.6) is 5.75 Å². The molecule has 0 saturated heterocycles. The van der Waals surface area contributed by atoms with Crippen LogP contribution in [0.2, 0.25) is 0 Å². The summed E-state index contributed by atoms with van der Waals surface area (Å²) < 4.78 is 11.0. The van der Waals surface area contributed by atoms with E-state index in [4.69, 9.17) is 9.47 Å². The standard InChI is InChI=1S/C18H27NO3/c1-13-11-15(12-14(2)16(13)21-3)19-17(20)18(22-4)9-7-5-6-8-10-18/h11-12H,5-10H2,1-4H3,(H,19,20). The Morgan fingerprint density at radius 3 is 2.05 bits per heavy atom. The summed E-state index contributed by atoms with van der Waals surface area (Å²) in [4.78, 5) is 12.8. The van der Waals surface area contributed by atoms with E-state index in [0.29, 0.717) is 0 Å². The van der Waals surface area contributed by atoms with E-state index in [0.717, 1.165) is 48.2 Å². The number of nitrogens with one attached hydrogen (secondary N) is 1. The zero-order valence-corrected chi connectivity index (χ0v) is 14.1. The van der Waals surface area contributed by atoms with Crippen molar-refractivity contribution in [2.75, 3.05) is 19.5 Å². The van der Waals surface area contributed by atoms with Gasteiger partial charge in [-0.05, 0) is 49.9 Å². The van der Waals surface area contributed by atoms with Crippen molar-refractivity contribution in [1.82, 2.24) is 0 Å². The number of anilines is 1. The number of carbonyl (C=O) groups is 1. The maximum atomic E-state index is 12.8. The Kier molecular flexibility index (Phi) is 5.46. The zero-order chi connectivity index (χ0) is 16.2. The van der Waals surface area contributed by atoms with Crippen LogP contribution in [0, 0.1) is 13.8 Å². The molecule has 1 aliphatic rings. The highest BCUT2D eigenvalue weighted by Gasteiger charge is 2.38. The molecule has 0 heterocycles. The van der Waals surface area contributed by atoms with Crippen LogP contribution in [-0.2, 0) is 9.53 Å². The van der Waals surface area contributed by atoms with E-state index in [9.17, 15) is 4.79 Å². The minimum Gasteiger partial charge on any atom is -0.496 e. The zero-order valence-electron chi connectivity index (χ0n) is 14.1. The van der Waals surface area contributed by atoms with Crippen LogP contribution >= 0.6 is 0 Å². The van der Waals surface area contributed by atoms with Gasteiger partial charge in [-0.1, -0.05) is 25.7 Å². The Labute approximate surface area is 133 Å². The van der Waals surface area contributed by atoms with Crippen molar-refractivity contribution in [3.05, 3.63) is 23.3 Å². The Balaban J connectivity index is 2.20. The molecule has 122 valence electrons. The Bertz CT molecular complexity index is 508. The van der Waals surface area contributed by atoms with Gasteiger partial charge >= 0.3 is 0 Å². The number of rotatable bonds is 4. The van der Waals surface area contributed by atoms with Crippen LogP contribution in [0.25, 0.3) is 0 Å². The quantitative estimate of drug-likeness (QED) is 0.856. The molecule has 4 nitrogen and oxygen atoms in total. The van der Waals surface area contributed by atoms with Crippen LogP contribution in [0.15, 0.2) is 12.1 Å². The van der Waals surface area contributed by atoms with Crippen molar-refractivity contribution in [1.29, 1.82) is 0 Å². The van der Waals surface area contributed by atoms with Crippen LogP contribution in [0.1, 0.15) is 49.7 Å². The summed E-state index contributed by atoms with van der Waals surface area (Å²) in [5, 5.41) is 3.04. The second-order valence-electron chi connectivity index (χ2n) is 6.21. The molecular formula is C18H27NO3. The van der Waals surface area contributed by atoms with Crippen molar-refractivity contribution in [2.45, 2.75) is 58.0 Å². The predicted molar refractivity (Wildman–Crippen MR) is 88.5 cm³/mol. The lowest BCUT2D eigenvalue weighted by atomic mass is 9.93. The Morgan fingerprint density at radius 2 is 1.59 bits per heavy atom. The fourth-order valence-corrected chi connectivity index (χ4v) is 3.41. The summed E-state index contributed by atoms with van der Waals surface area (Å²) >= 11 is 0. The van der Waals surface area contributed by atoms with E-state index in [2.05, 4.69) is 5.32 Å². The largest absolute Gasteiger partial charge is 0.496 e. The first-order chi connectivity index (χ1) is 10.5. The van der Waals surface area contributed by atoms with Crippen molar-refractivity contribution in [2.24, 2.45) is 0 Å². The lowest BCUT2D eigenvalue weighted by Crippen LogP contribution is -2.44. The van der Waals surface area contributed by atoms with E-state index in [-0.39, 0.29) is 5.91 Å². The highest BCUT2D eigenvalue weighted by Crippen LogP contribution is 2.32. The number of benzene rings is 1. The van der Waals surface area contributed by atoms with E-state index < -0.39 is 5.60 Å². The number of carbonyl (C=O) groups excluding carboxylic acids is 1. The van der Waals surface area contributed by atoms with Gasteiger partial charge in [0, 0.05) is 12.8 Å². The van der Waals surface area contributed by atoms with Crippen molar-refractivity contribution in [3.63, 3.8) is 0 Å². The number of aryl methyl sites for hydroxylation is 2. The van der Waals surface area contributed by atoms with Crippen LogP contribution < -0.4 is 10.1 Å². The number of amides is 1. The van der Waals surface area contributed by atoms with Gasteiger partial charge in [-0.15, -0.1) is 0 Å². The van der Waals surface area contributed by atoms with E-state index in [1.54, 1.807) is 14.2 Å². The molecule has 0 unspecified atom stereocenters. The van der Waals surface area contributed by atoms with E-state index in [1.165, 1.54) is 12.8 Å². The van der Waals surface area contributed by atoms with Gasteiger partial charge in [0.1, 0.15) is 11.4 Å². The molecule has 1 amide bonds. The third-order valence-corrected chi connectivity index (χ3v) is 4.64. The molecule has 1 fully saturated rings. The molecule has 0 bridgehead atoms. The van der Waals surface area contributed by atoms with Crippen molar-refractivity contribution >= 4 is 11.6 Å². The summed E-state index contributed by atoms with van der Waals surface area (Å²) in [6.07, 6.45) is 6.04. The van der Waals surface area contributed by atoms with Gasteiger partial charge in [0.05, 0.1) is 7.11 Å². The number of methoxy groups -OCH3 is 2. The predicted octanol–water partition coefficient (Wildman–Crippen LogP) is 3.99. The molecular weight excluding hydrogens is 278 g/mol. The second-order valence-corrected chi connectivity index (χ2v) is 6.21. The molecule has 0 radical (unpaired) electrons. The topological polar surface area (TPSA) is 47.6 Å². The molecule has 1 N–H and O–H groups in total. The molecule has 0 aliphatic heterocycles. The summed E-state index contributed by atoms with van der Waals surface area (Å²) in [6, 6.07) is 3.90. The van der Waals surface area contributed by atoms with Gasteiger partial charge in [0.25, 0.3) is 5.91 Å². The maximum Gasteiger partial charge on any atom is 0.256 e. The number of hydrogen-bond acceptors (Lipinski definition) is 3. The number of hydrogen-bond donors (Lipinski definition) is 1. The molecule has 1 aliphatic carbocycles. The average Bonchev–Trinajstić information content (AvgIpc) is 2.73. The SMILES string of the molecule is COc1c(C)cc(NC(=O)C2(OC)CCCCCC2)cc1C. The van der Waals surface area contributed by atoms with Crippen LogP contribution in [-0.4, -0.2) is 25.7 Å². The first-order valence-corrected chi connectivity index (χ1v) is 8.04. The first-order valence-electron chi connectivity index (χ1n) is 8.04. The highest BCUT2D eigenvalue weighted by atomic mass is 16.5. The maximum absolute atomic E-state index is 12.8. The average molecular weight is 305 g/mol. The van der Waals surface area contributed by atoms with Gasteiger partial charge < -0.3 is 14.8 Å². The third kappa shape index (κ3) is 3.43. The highest BCUT2D eigenvalue weighted by molar-refractivity contribution is 5.97. The van der Waals surface area contributed by atoms with E-state index >= 15 is 0 Å². The van der Waals surface area contributed by atoms with Crippen molar-refractivity contribution in [3.8, 4) is 5.75 Å². The monoisotopic (exact) mass is 305 g/mol. The molecule has 2 rings (SSSR count). The van der Waals surface area contributed by atoms with Crippen molar-refractivity contribution < 1.29 is 14.3 Å². The molecule has 1 aromatic rings. The summed E-state index contributed by atoms with van der Waals surface area (Å²) in [5.41, 5.74) is 2.16. The minimum absolute atomic E-state index is 0.0270. The lowest BCUT2D eigenvalue weighted by Gasteiger charge is -2.30. The Morgan fingerprint density at radius 1 is 1.05 bits per heavy atom.